The van der Waals surface area contributed by atoms with Gasteiger partial charge in [0.1, 0.15) is 16.8 Å². The molecular formula is C17H19N3O2. The third kappa shape index (κ3) is 2.45. The SMILES string of the molecule is CC[n+]1c(NCc2cccc(OC)c2[O-])[nH]c2ccccc21. The third-order valence-electron chi connectivity index (χ3n) is 3.76. The van der Waals surface area contributed by atoms with Gasteiger partial charge in [0.15, 0.2) is 0 Å². The van der Waals surface area contributed by atoms with Crippen molar-refractivity contribution in [3.8, 4) is 11.5 Å². The quantitative estimate of drug-likeness (QED) is 0.709. The first-order valence-electron chi connectivity index (χ1n) is 7.32. The zero-order valence-electron chi connectivity index (χ0n) is 12.7. The molecule has 0 fully saturated rings. The number of H-pyrrole nitrogens is 1. The first-order valence-corrected chi connectivity index (χ1v) is 7.32. The van der Waals surface area contributed by atoms with E-state index in [1.165, 1.54) is 7.11 Å². The number of benzene rings is 2. The van der Waals surface area contributed by atoms with Crippen LogP contribution in [-0.4, -0.2) is 12.1 Å². The first-order chi connectivity index (χ1) is 10.7. The van der Waals surface area contributed by atoms with E-state index in [1.54, 1.807) is 6.07 Å². The second-order valence-electron chi connectivity index (χ2n) is 5.04. The highest BCUT2D eigenvalue weighted by Crippen LogP contribution is 2.26. The number of imidazole rings is 1. The molecule has 0 unspecified atom stereocenters. The zero-order valence-corrected chi connectivity index (χ0v) is 12.7. The highest BCUT2D eigenvalue weighted by molar-refractivity contribution is 5.72. The Morgan fingerprint density at radius 2 is 2.00 bits per heavy atom. The number of fused-ring (bicyclic) bond motifs is 1. The van der Waals surface area contributed by atoms with Gasteiger partial charge in [-0.3, -0.25) is 5.32 Å². The van der Waals surface area contributed by atoms with Crippen molar-refractivity contribution in [2.75, 3.05) is 12.4 Å². The predicted molar refractivity (Wildman–Crippen MR) is 83.9 cm³/mol. The molecule has 3 aromatic rings. The molecule has 0 atom stereocenters. The summed E-state index contributed by atoms with van der Waals surface area (Å²) in [6.45, 7) is 3.38. The summed E-state index contributed by atoms with van der Waals surface area (Å²) in [5, 5.41) is 15.5. The summed E-state index contributed by atoms with van der Waals surface area (Å²) in [4.78, 5) is 3.35. The molecule has 3 rings (SSSR count). The van der Waals surface area contributed by atoms with Crippen LogP contribution in [0.2, 0.25) is 0 Å². The molecule has 0 radical (unpaired) electrons. The van der Waals surface area contributed by atoms with E-state index in [0.29, 0.717) is 17.9 Å². The number of aryl methyl sites for hydroxylation is 1. The lowest BCUT2D eigenvalue weighted by Gasteiger charge is -2.16. The molecule has 0 spiro atoms. The number of rotatable bonds is 5. The van der Waals surface area contributed by atoms with Gasteiger partial charge < -0.3 is 9.84 Å². The summed E-state index contributed by atoms with van der Waals surface area (Å²) in [6, 6.07) is 13.5. The summed E-state index contributed by atoms with van der Waals surface area (Å²) in [5.74, 6) is 1.20. The second-order valence-corrected chi connectivity index (χ2v) is 5.04. The maximum absolute atomic E-state index is 12.2. The molecule has 1 heterocycles. The van der Waals surface area contributed by atoms with E-state index in [4.69, 9.17) is 4.74 Å². The average molecular weight is 297 g/mol. The van der Waals surface area contributed by atoms with Gasteiger partial charge in [0, 0.05) is 0 Å². The van der Waals surface area contributed by atoms with Gasteiger partial charge >= 0.3 is 5.95 Å². The minimum atomic E-state index is -0.0725. The molecule has 2 aromatic carbocycles. The number of aromatic amines is 1. The van der Waals surface area contributed by atoms with Crippen molar-refractivity contribution < 1.29 is 14.4 Å². The summed E-state index contributed by atoms with van der Waals surface area (Å²) in [7, 11) is 1.51. The number of methoxy groups -OCH3 is 1. The van der Waals surface area contributed by atoms with E-state index >= 15 is 0 Å². The normalized spacial score (nSPS) is 10.8. The van der Waals surface area contributed by atoms with Crippen LogP contribution in [0, 0.1) is 0 Å². The summed E-state index contributed by atoms with van der Waals surface area (Å²) in [5.41, 5.74) is 2.89. The summed E-state index contributed by atoms with van der Waals surface area (Å²) >= 11 is 0. The Bertz CT molecular complexity index is 796. The van der Waals surface area contributed by atoms with Crippen LogP contribution in [0.5, 0.6) is 11.5 Å². The number of ether oxygens (including phenoxy) is 1. The Balaban J connectivity index is 1.88. The molecule has 0 aliphatic carbocycles. The number of nitrogens with zero attached hydrogens (tertiary/aromatic N) is 1. The van der Waals surface area contributed by atoms with E-state index in [1.807, 2.05) is 30.3 Å². The smallest absolute Gasteiger partial charge is 0.356 e. The van der Waals surface area contributed by atoms with E-state index in [0.717, 1.165) is 23.5 Å². The Morgan fingerprint density at radius 1 is 1.18 bits per heavy atom. The van der Waals surface area contributed by atoms with Crippen molar-refractivity contribution in [1.29, 1.82) is 0 Å². The van der Waals surface area contributed by atoms with E-state index in [-0.39, 0.29) is 5.75 Å². The van der Waals surface area contributed by atoms with Gasteiger partial charge in [-0.05, 0) is 30.7 Å². The fourth-order valence-electron chi connectivity index (χ4n) is 2.64. The summed E-state index contributed by atoms with van der Waals surface area (Å²) in [6.07, 6.45) is 0. The Labute approximate surface area is 129 Å². The number of hydrogen-bond acceptors (Lipinski definition) is 3. The molecule has 1 aromatic heterocycles. The van der Waals surface area contributed by atoms with Crippen molar-refractivity contribution in [3.05, 3.63) is 48.0 Å². The van der Waals surface area contributed by atoms with Crippen LogP contribution < -0.4 is 19.7 Å². The van der Waals surface area contributed by atoms with Crippen LogP contribution >= 0.6 is 0 Å². The lowest BCUT2D eigenvalue weighted by atomic mass is 10.2. The third-order valence-corrected chi connectivity index (χ3v) is 3.76. The van der Waals surface area contributed by atoms with Crippen molar-refractivity contribution in [1.82, 2.24) is 4.98 Å². The van der Waals surface area contributed by atoms with E-state index in [9.17, 15) is 5.11 Å². The minimum absolute atomic E-state index is 0.0725. The highest BCUT2D eigenvalue weighted by Gasteiger charge is 2.15. The monoisotopic (exact) mass is 297 g/mol. The van der Waals surface area contributed by atoms with Crippen molar-refractivity contribution in [3.63, 3.8) is 0 Å². The Morgan fingerprint density at radius 3 is 2.77 bits per heavy atom. The zero-order chi connectivity index (χ0) is 15.5. The van der Waals surface area contributed by atoms with Gasteiger partial charge in [-0.1, -0.05) is 30.0 Å². The highest BCUT2D eigenvalue weighted by atomic mass is 16.5. The van der Waals surface area contributed by atoms with Crippen LogP contribution in [0.4, 0.5) is 5.95 Å². The van der Waals surface area contributed by atoms with Gasteiger partial charge in [-0.25, -0.2) is 9.55 Å². The number of aromatic nitrogens is 2. The molecule has 0 aliphatic heterocycles. The first kappa shape index (κ1) is 14.3. The number of hydrogen-bond donors (Lipinski definition) is 2. The molecule has 114 valence electrons. The van der Waals surface area contributed by atoms with Crippen LogP contribution in [0.3, 0.4) is 0 Å². The Kier molecular flexibility index (Phi) is 3.87. The Hall–Kier alpha value is -2.69. The molecule has 0 aliphatic rings. The van der Waals surface area contributed by atoms with Crippen molar-refractivity contribution in [2.24, 2.45) is 0 Å². The standard InChI is InChI=1S/C17H19N3O2/c1-3-20-14-9-5-4-8-13(14)19-17(20)18-11-12-7-6-10-15(22-2)16(12)21/h4-10H,3,11H2,1-2H3,(H2,18,19,21). The van der Waals surface area contributed by atoms with Gasteiger partial charge in [0.25, 0.3) is 0 Å². The fraction of sp³-hybridized carbons (Fsp3) is 0.235. The molecule has 0 saturated carbocycles. The maximum Gasteiger partial charge on any atom is 0.356 e. The molecule has 5 heteroatoms. The maximum atomic E-state index is 12.2. The number of anilines is 1. The van der Waals surface area contributed by atoms with Gasteiger partial charge in [0.05, 0.1) is 20.2 Å². The molecule has 5 nitrogen and oxygen atoms in total. The van der Waals surface area contributed by atoms with E-state index < -0.39 is 0 Å². The van der Waals surface area contributed by atoms with Crippen molar-refractivity contribution in [2.45, 2.75) is 20.0 Å². The molecule has 2 N–H and O–H groups in total. The molecular weight excluding hydrogens is 278 g/mol. The molecule has 0 amide bonds. The largest absolute Gasteiger partial charge is 0.870 e. The van der Waals surface area contributed by atoms with E-state index in [2.05, 4.69) is 27.9 Å². The number of para-hydroxylation sites is 3. The topological polar surface area (TPSA) is 64.0 Å². The molecule has 22 heavy (non-hydrogen) atoms. The lowest BCUT2D eigenvalue weighted by molar-refractivity contribution is -0.653. The van der Waals surface area contributed by atoms with Gasteiger partial charge in [-0.2, -0.15) is 0 Å². The summed E-state index contributed by atoms with van der Waals surface area (Å²) < 4.78 is 7.23. The van der Waals surface area contributed by atoms with Crippen LogP contribution in [0.15, 0.2) is 42.5 Å². The van der Waals surface area contributed by atoms with Gasteiger partial charge in [-0.15, -0.1) is 0 Å². The number of nitrogens with one attached hydrogen (secondary N) is 2. The average Bonchev–Trinajstić information content (AvgIpc) is 2.91. The second kappa shape index (κ2) is 5.97. The molecule has 0 bridgehead atoms. The predicted octanol–water partition coefficient (Wildman–Crippen LogP) is 2.17. The minimum Gasteiger partial charge on any atom is -0.870 e. The van der Waals surface area contributed by atoms with Crippen LogP contribution in [-0.2, 0) is 13.1 Å². The fourth-order valence-corrected chi connectivity index (χ4v) is 2.64. The molecule has 0 saturated heterocycles. The van der Waals surface area contributed by atoms with Crippen LogP contribution in [0.1, 0.15) is 12.5 Å². The van der Waals surface area contributed by atoms with Crippen LogP contribution in [0.25, 0.3) is 11.0 Å². The van der Waals surface area contributed by atoms with Gasteiger partial charge in [0.2, 0.25) is 0 Å². The van der Waals surface area contributed by atoms with Crippen molar-refractivity contribution >= 4 is 17.0 Å². The lowest BCUT2D eigenvalue weighted by Crippen LogP contribution is -2.34.